The van der Waals surface area contributed by atoms with E-state index in [0.29, 0.717) is 62.7 Å². The molecule has 1 amide bonds. The molecule has 1 saturated carbocycles. The van der Waals surface area contributed by atoms with E-state index in [0.717, 1.165) is 42.6 Å². The minimum absolute atomic E-state index is 0.0471. The molecule has 3 aliphatic rings. The molecule has 0 bridgehead atoms. The van der Waals surface area contributed by atoms with E-state index in [1.54, 1.807) is 11.6 Å². The second-order valence-electron chi connectivity index (χ2n) is 10.8. The maximum atomic E-state index is 13.3. The molecule has 1 spiro atoms. The van der Waals surface area contributed by atoms with Crippen LogP contribution in [0.2, 0.25) is 0 Å². The summed E-state index contributed by atoms with van der Waals surface area (Å²) in [5, 5.41) is 10.4. The third-order valence-electron chi connectivity index (χ3n) is 8.67. The number of ketones is 1. The number of likely N-dealkylation sites (tertiary alicyclic amines) is 1. The van der Waals surface area contributed by atoms with E-state index < -0.39 is 29.6 Å². The standard InChI is InChI=1S/C26H28F3IN6O3S/c1-13(15-8-6-12-35(15)24(38)26(27,28)29)36-22-17(20(30)33-36)23(40-2)32-21(31-22)18-14-7-5-11-25(19(14)39-34-18)10-4-3-9-16(25)37/h13,15H,3-12H2,1-2H3/t13-,15-,25+/m0/s1. The van der Waals surface area contributed by atoms with Crippen LogP contribution in [0, 0.1) is 3.70 Å². The molecule has 14 heteroatoms. The number of carbonyl (C=O) groups is 2. The first-order valence-corrected chi connectivity index (χ1v) is 15.8. The molecule has 0 aromatic carbocycles. The van der Waals surface area contributed by atoms with Crippen molar-refractivity contribution >= 4 is 57.1 Å². The Morgan fingerprint density at radius 3 is 2.67 bits per heavy atom. The van der Waals surface area contributed by atoms with E-state index in [1.165, 1.54) is 11.8 Å². The molecule has 3 atom stereocenters. The molecule has 3 aromatic heterocycles. The van der Waals surface area contributed by atoms with Crippen LogP contribution in [0.15, 0.2) is 9.55 Å². The Hall–Kier alpha value is -2.23. The molecule has 40 heavy (non-hydrogen) atoms. The highest BCUT2D eigenvalue weighted by atomic mass is 127. The Labute approximate surface area is 246 Å². The first-order valence-electron chi connectivity index (χ1n) is 13.5. The quantitative estimate of drug-likeness (QED) is 0.197. The molecule has 6 rings (SSSR count). The monoisotopic (exact) mass is 688 g/mol. The normalized spacial score (nSPS) is 24.2. The molecule has 3 aromatic rings. The Morgan fingerprint density at radius 1 is 1.18 bits per heavy atom. The number of aromatic nitrogens is 5. The third-order valence-corrected chi connectivity index (χ3v) is 10.1. The number of halogens is 4. The topological polar surface area (TPSA) is 107 Å². The number of carbonyl (C=O) groups excluding carboxylic acids is 2. The van der Waals surface area contributed by atoms with Crippen LogP contribution in [-0.2, 0) is 21.4 Å². The van der Waals surface area contributed by atoms with Crippen LogP contribution in [0.25, 0.3) is 22.6 Å². The van der Waals surface area contributed by atoms with Crippen molar-refractivity contribution in [1.82, 2.24) is 29.8 Å². The molecule has 2 fully saturated rings. The highest BCUT2D eigenvalue weighted by Crippen LogP contribution is 2.48. The fourth-order valence-corrected chi connectivity index (χ4v) is 8.23. The number of Topliss-reactive ketones (excluding diaryl/α,β-unsaturated/α-hetero) is 1. The van der Waals surface area contributed by atoms with Crippen LogP contribution in [0.4, 0.5) is 13.2 Å². The van der Waals surface area contributed by atoms with Crippen molar-refractivity contribution in [3.63, 3.8) is 0 Å². The van der Waals surface area contributed by atoms with Gasteiger partial charge in [0.15, 0.2) is 22.9 Å². The largest absolute Gasteiger partial charge is 0.471 e. The molecular weight excluding hydrogens is 660 g/mol. The Balaban J connectivity index is 1.45. The third kappa shape index (κ3) is 4.34. The lowest BCUT2D eigenvalue weighted by Crippen LogP contribution is -2.46. The molecule has 0 N–H and O–H groups in total. The van der Waals surface area contributed by atoms with Crippen molar-refractivity contribution in [2.45, 2.75) is 93.4 Å². The average Bonchev–Trinajstić information content (AvgIpc) is 3.66. The molecular formula is C26H28F3IN6O3S. The summed E-state index contributed by atoms with van der Waals surface area (Å²) in [5.74, 6) is -0.647. The van der Waals surface area contributed by atoms with Crippen LogP contribution >= 0.6 is 34.4 Å². The van der Waals surface area contributed by atoms with Gasteiger partial charge in [-0.2, -0.15) is 18.3 Å². The average molecular weight is 689 g/mol. The van der Waals surface area contributed by atoms with Crippen molar-refractivity contribution in [3.8, 4) is 11.5 Å². The molecule has 0 radical (unpaired) electrons. The minimum Gasteiger partial charge on any atom is -0.359 e. The first-order chi connectivity index (χ1) is 19.1. The van der Waals surface area contributed by atoms with E-state index in [4.69, 9.17) is 14.5 Å². The predicted molar refractivity (Wildman–Crippen MR) is 149 cm³/mol. The van der Waals surface area contributed by atoms with Gasteiger partial charge in [-0.05, 0) is 80.7 Å². The van der Waals surface area contributed by atoms with Crippen molar-refractivity contribution in [2.24, 2.45) is 0 Å². The number of alkyl halides is 3. The Kier molecular flexibility index (Phi) is 7.15. The van der Waals surface area contributed by atoms with Gasteiger partial charge in [-0.3, -0.25) is 9.59 Å². The predicted octanol–water partition coefficient (Wildman–Crippen LogP) is 5.64. The number of fused-ring (bicyclic) bond motifs is 3. The molecule has 9 nitrogen and oxygen atoms in total. The van der Waals surface area contributed by atoms with Crippen LogP contribution in [-0.4, -0.2) is 66.5 Å². The summed E-state index contributed by atoms with van der Waals surface area (Å²) >= 11 is 3.50. The number of hydrogen-bond donors (Lipinski definition) is 0. The number of thioether (sulfide) groups is 1. The first kappa shape index (κ1) is 27.9. The van der Waals surface area contributed by atoms with Gasteiger partial charge >= 0.3 is 12.1 Å². The fourth-order valence-electron chi connectivity index (χ4n) is 6.75. The molecule has 2 aliphatic carbocycles. The van der Waals surface area contributed by atoms with Gasteiger partial charge in [0.1, 0.15) is 14.5 Å². The molecule has 4 heterocycles. The summed E-state index contributed by atoms with van der Waals surface area (Å²) in [5.41, 5.74) is 1.19. The van der Waals surface area contributed by atoms with Crippen LogP contribution < -0.4 is 0 Å². The summed E-state index contributed by atoms with van der Waals surface area (Å²) in [6.07, 6.45) is 3.29. The number of hydrogen-bond acceptors (Lipinski definition) is 8. The molecule has 214 valence electrons. The van der Waals surface area contributed by atoms with Crippen molar-refractivity contribution < 1.29 is 27.3 Å². The highest BCUT2D eigenvalue weighted by Gasteiger charge is 2.49. The van der Waals surface area contributed by atoms with Crippen molar-refractivity contribution in [1.29, 1.82) is 0 Å². The van der Waals surface area contributed by atoms with Gasteiger partial charge in [-0.15, -0.1) is 11.8 Å². The number of amides is 1. The Bertz CT molecular complexity index is 1510. The van der Waals surface area contributed by atoms with Gasteiger partial charge in [0.05, 0.1) is 22.9 Å². The molecule has 0 unspecified atom stereocenters. The van der Waals surface area contributed by atoms with E-state index >= 15 is 0 Å². The zero-order chi connectivity index (χ0) is 28.4. The summed E-state index contributed by atoms with van der Waals surface area (Å²) in [4.78, 5) is 35.9. The summed E-state index contributed by atoms with van der Waals surface area (Å²) in [7, 11) is 0. The Morgan fingerprint density at radius 2 is 1.95 bits per heavy atom. The summed E-state index contributed by atoms with van der Waals surface area (Å²) < 4.78 is 48.1. The van der Waals surface area contributed by atoms with E-state index in [2.05, 4.69) is 32.8 Å². The fraction of sp³-hybridized carbons (Fsp3) is 0.615. The van der Waals surface area contributed by atoms with Gasteiger partial charge in [0.25, 0.3) is 0 Å². The maximum Gasteiger partial charge on any atom is 0.471 e. The van der Waals surface area contributed by atoms with Crippen LogP contribution in [0.1, 0.15) is 75.7 Å². The SMILES string of the molecule is CSc1nc(-c2noc3c2CCC[C@@]32CCCCC2=O)nc2c1c(I)nn2[C@@H](C)[C@@H]1CCCN1C(=O)C(F)(F)F. The molecule has 1 aliphatic heterocycles. The van der Waals surface area contributed by atoms with E-state index in [9.17, 15) is 22.8 Å². The molecule has 1 saturated heterocycles. The maximum absolute atomic E-state index is 13.3. The van der Waals surface area contributed by atoms with Crippen molar-refractivity contribution in [3.05, 3.63) is 15.0 Å². The zero-order valence-corrected chi connectivity index (χ0v) is 25.0. The lowest BCUT2D eigenvalue weighted by atomic mass is 9.64. The second kappa shape index (κ2) is 10.2. The highest BCUT2D eigenvalue weighted by molar-refractivity contribution is 14.1. The lowest BCUT2D eigenvalue weighted by molar-refractivity contribution is -0.187. The van der Waals surface area contributed by atoms with Gasteiger partial charge in [0, 0.05) is 18.5 Å². The summed E-state index contributed by atoms with van der Waals surface area (Å²) in [6.45, 7) is 1.82. The van der Waals surface area contributed by atoms with Gasteiger partial charge in [-0.1, -0.05) is 11.6 Å². The van der Waals surface area contributed by atoms with Crippen molar-refractivity contribution in [2.75, 3.05) is 12.8 Å². The second-order valence-corrected chi connectivity index (χ2v) is 12.7. The summed E-state index contributed by atoms with van der Waals surface area (Å²) in [6, 6.07) is -1.24. The van der Waals surface area contributed by atoms with Gasteiger partial charge in [0.2, 0.25) is 0 Å². The van der Waals surface area contributed by atoms with E-state index in [-0.39, 0.29) is 12.3 Å². The van der Waals surface area contributed by atoms with E-state index in [1.807, 2.05) is 6.26 Å². The lowest BCUT2D eigenvalue weighted by Gasteiger charge is -2.36. The van der Waals surface area contributed by atoms with Gasteiger partial charge in [-0.25, -0.2) is 14.6 Å². The van der Waals surface area contributed by atoms with Crippen LogP contribution in [0.5, 0.6) is 0 Å². The van der Waals surface area contributed by atoms with Crippen LogP contribution in [0.3, 0.4) is 0 Å². The minimum atomic E-state index is -4.94. The number of rotatable bonds is 4. The smallest absolute Gasteiger partial charge is 0.359 e. The number of nitrogens with zero attached hydrogens (tertiary/aromatic N) is 6. The zero-order valence-electron chi connectivity index (χ0n) is 22.1. The van der Waals surface area contributed by atoms with Gasteiger partial charge < -0.3 is 9.42 Å².